The highest BCUT2D eigenvalue weighted by atomic mass is 79.9. The number of hydrogen-bond donors (Lipinski definition) is 0. The van der Waals surface area contributed by atoms with E-state index < -0.39 is 0 Å². The van der Waals surface area contributed by atoms with E-state index >= 15 is 0 Å². The molecule has 0 unspecified atom stereocenters. The topological polar surface area (TPSA) is 12.9 Å². The second-order valence-electron chi connectivity index (χ2n) is 2.86. The molecule has 70 valence electrons. The maximum absolute atomic E-state index is 5.90. The van der Waals surface area contributed by atoms with Crippen molar-refractivity contribution in [2.45, 2.75) is 0 Å². The van der Waals surface area contributed by atoms with Gasteiger partial charge in [-0.05, 0) is 40.2 Å². The van der Waals surface area contributed by atoms with Gasteiger partial charge in [-0.25, -0.2) is 4.98 Å². The Morgan fingerprint density at radius 1 is 1.07 bits per heavy atom. The third-order valence-electron chi connectivity index (χ3n) is 1.84. The Kier molecular flexibility index (Phi) is 2.85. The lowest BCUT2D eigenvalue weighted by atomic mass is 10.1. The van der Waals surface area contributed by atoms with E-state index in [2.05, 4.69) is 20.9 Å². The van der Waals surface area contributed by atoms with Gasteiger partial charge in [0.05, 0.1) is 5.69 Å². The molecule has 2 rings (SSSR count). The SMILES string of the molecule is Clc1cccc(-c2cccc(Br)n2)c1. The van der Waals surface area contributed by atoms with Crippen LogP contribution in [0.3, 0.4) is 0 Å². The minimum absolute atomic E-state index is 0.726. The highest BCUT2D eigenvalue weighted by Crippen LogP contribution is 2.21. The average molecular weight is 269 g/mol. The first-order valence-electron chi connectivity index (χ1n) is 4.14. The zero-order valence-electron chi connectivity index (χ0n) is 7.24. The summed E-state index contributed by atoms with van der Waals surface area (Å²) in [4.78, 5) is 4.34. The lowest BCUT2D eigenvalue weighted by Crippen LogP contribution is -1.82. The molecule has 0 saturated heterocycles. The van der Waals surface area contributed by atoms with Crippen molar-refractivity contribution in [2.75, 3.05) is 0 Å². The molecular weight excluding hydrogens is 261 g/mol. The summed E-state index contributed by atoms with van der Waals surface area (Å²) in [6.45, 7) is 0. The van der Waals surface area contributed by atoms with E-state index in [4.69, 9.17) is 11.6 Å². The normalized spacial score (nSPS) is 10.1. The van der Waals surface area contributed by atoms with Crippen LogP contribution in [-0.4, -0.2) is 4.98 Å². The van der Waals surface area contributed by atoms with Crippen LogP contribution >= 0.6 is 27.5 Å². The van der Waals surface area contributed by atoms with Crippen molar-refractivity contribution >= 4 is 27.5 Å². The Morgan fingerprint density at radius 2 is 1.86 bits per heavy atom. The fraction of sp³-hybridized carbons (Fsp3) is 0. The van der Waals surface area contributed by atoms with Gasteiger partial charge in [0, 0.05) is 10.6 Å². The molecule has 0 saturated carbocycles. The molecule has 0 aliphatic heterocycles. The van der Waals surface area contributed by atoms with Crippen LogP contribution in [0.4, 0.5) is 0 Å². The number of hydrogen-bond acceptors (Lipinski definition) is 1. The number of halogens is 2. The van der Waals surface area contributed by atoms with Crippen molar-refractivity contribution in [1.29, 1.82) is 0 Å². The lowest BCUT2D eigenvalue weighted by molar-refractivity contribution is 1.28. The minimum Gasteiger partial charge on any atom is -0.241 e. The maximum atomic E-state index is 5.90. The zero-order valence-corrected chi connectivity index (χ0v) is 9.59. The van der Waals surface area contributed by atoms with Crippen LogP contribution in [0.25, 0.3) is 11.3 Å². The lowest BCUT2D eigenvalue weighted by Gasteiger charge is -2.01. The van der Waals surface area contributed by atoms with Gasteiger partial charge >= 0.3 is 0 Å². The second-order valence-corrected chi connectivity index (χ2v) is 4.10. The van der Waals surface area contributed by atoms with Crippen molar-refractivity contribution in [1.82, 2.24) is 4.98 Å². The Hall–Kier alpha value is -0.860. The third-order valence-corrected chi connectivity index (χ3v) is 2.51. The molecule has 14 heavy (non-hydrogen) atoms. The van der Waals surface area contributed by atoms with Crippen molar-refractivity contribution in [2.24, 2.45) is 0 Å². The molecule has 0 N–H and O–H groups in total. The highest BCUT2D eigenvalue weighted by Gasteiger charge is 1.99. The Balaban J connectivity index is 2.49. The van der Waals surface area contributed by atoms with Crippen molar-refractivity contribution in [3.8, 4) is 11.3 Å². The van der Waals surface area contributed by atoms with Gasteiger partial charge in [-0.15, -0.1) is 0 Å². The largest absolute Gasteiger partial charge is 0.241 e. The summed E-state index contributed by atoms with van der Waals surface area (Å²) < 4.78 is 0.829. The van der Waals surface area contributed by atoms with E-state index in [1.165, 1.54) is 0 Å². The van der Waals surface area contributed by atoms with Gasteiger partial charge in [0.25, 0.3) is 0 Å². The summed E-state index contributed by atoms with van der Waals surface area (Å²) >= 11 is 9.23. The molecule has 0 radical (unpaired) electrons. The van der Waals surface area contributed by atoms with Crippen molar-refractivity contribution in [3.05, 3.63) is 52.1 Å². The molecule has 0 bridgehead atoms. The van der Waals surface area contributed by atoms with E-state index in [1.54, 1.807) is 0 Å². The summed E-state index contributed by atoms with van der Waals surface area (Å²) in [5.74, 6) is 0. The van der Waals surface area contributed by atoms with Crippen LogP contribution in [0.15, 0.2) is 47.1 Å². The Bertz CT molecular complexity index is 413. The molecule has 1 heterocycles. The molecule has 1 aromatic carbocycles. The number of pyridine rings is 1. The van der Waals surface area contributed by atoms with Gasteiger partial charge in [0.15, 0.2) is 0 Å². The van der Waals surface area contributed by atoms with Gasteiger partial charge in [-0.1, -0.05) is 29.8 Å². The molecule has 0 spiro atoms. The smallest absolute Gasteiger partial charge is 0.106 e. The van der Waals surface area contributed by atoms with Crippen LogP contribution in [0, 0.1) is 0 Å². The van der Waals surface area contributed by atoms with Gasteiger partial charge < -0.3 is 0 Å². The molecule has 0 fully saturated rings. The molecule has 0 aliphatic rings. The van der Waals surface area contributed by atoms with E-state index in [9.17, 15) is 0 Å². The molecule has 2 aromatic rings. The molecule has 0 aliphatic carbocycles. The predicted molar refractivity (Wildman–Crippen MR) is 62.4 cm³/mol. The summed E-state index contributed by atoms with van der Waals surface area (Å²) in [5, 5.41) is 0.726. The van der Waals surface area contributed by atoms with Crippen molar-refractivity contribution in [3.63, 3.8) is 0 Å². The standard InChI is InChI=1S/C11H7BrClN/c12-11-6-2-5-10(14-11)8-3-1-4-9(13)7-8/h1-7H. The zero-order chi connectivity index (χ0) is 9.97. The second kappa shape index (κ2) is 4.11. The van der Waals surface area contributed by atoms with Crippen molar-refractivity contribution < 1.29 is 0 Å². The van der Waals surface area contributed by atoms with Gasteiger partial charge in [-0.3, -0.25) is 0 Å². The first kappa shape index (κ1) is 9.69. The van der Waals surface area contributed by atoms with Gasteiger partial charge in [0.1, 0.15) is 4.60 Å². The highest BCUT2D eigenvalue weighted by molar-refractivity contribution is 9.10. The quantitative estimate of drug-likeness (QED) is 0.708. The number of benzene rings is 1. The average Bonchev–Trinajstić information content (AvgIpc) is 2.18. The summed E-state index contributed by atoms with van der Waals surface area (Å²) in [7, 11) is 0. The molecule has 1 nitrogen and oxygen atoms in total. The first-order valence-corrected chi connectivity index (χ1v) is 5.31. The van der Waals surface area contributed by atoms with E-state index in [1.807, 2.05) is 42.5 Å². The first-order chi connectivity index (χ1) is 6.75. The number of rotatable bonds is 1. The van der Waals surface area contributed by atoms with Crippen LogP contribution in [-0.2, 0) is 0 Å². The maximum Gasteiger partial charge on any atom is 0.106 e. The Morgan fingerprint density at radius 3 is 2.57 bits per heavy atom. The number of aromatic nitrogens is 1. The molecule has 1 aromatic heterocycles. The van der Waals surface area contributed by atoms with E-state index in [0.29, 0.717) is 0 Å². The van der Waals surface area contributed by atoms with Crippen LogP contribution in [0.1, 0.15) is 0 Å². The molecule has 3 heteroatoms. The van der Waals surface area contributed by atoms with E-state index in [-0.39, 0.29) is 0 Å². The summed E-state index contributed by atoms with van der Waals surface area (Å²) in [5.41, 5.74) is 1.95. The van der Waals surface area contributed by atoms with Gasteiger partial charge in [0.2, 0.25) is 0 Å². The van der Waals surface area contributed by atoms with E-state index in [0.717, 1.165) is 20.9 Å². The van der Waals surface area contributed by atoms with Crippen LogP contribution in [0.2, 0.25) is 5.02 Å². The van der Waals surface area contributed by atoms with Gasteiger partial charge in [-0.2, -0.15) is 0 Å². The fourth-order valence-electron chi connectivity index (χ4n) is 1.22. The predicted octanol–water partition coefficient (Wildman–Crippen LogP) is 4.16. The van der Waals surface area contributed by atoms with Crippen LogP contribution < -0.4 is 0 Å². The van der Waals surface area contributed by atoms with Crippen LogP contribution in [0.5, 0.6) is 0 Å². The summed E-state index contributed by atoms with van der Waals surface area (Å²) in [6.07, 6.45) is 0. The molecule has 0 atom stereocenters. The Labute approximate surface area is 95.9 Å². The molecule has 0 amide bonds. The monoisotopic (exact) mass is 267 g/mol. The minimum atomic E-state index is 0.726. The summed E-state index contributed by atoms with van der Waals surface area (Å²) in [6, 6.07) is 13.5. The molecular formula is C11H7BrClN. The number of nitrogens with zero attached hydrogens (tertiary/aromatic N) is 1. The third kappa shape index (κ3) is 2.14. The fourth-order valence-corrected chi connectivity index (χ4v) is 1.75.